The van der Waals surface area contributed by atoms with E-state index in [1.165, 1.54) is 0 Å². The molecule has 1 unspecified atom stereocenters. The maximum absolute atomic E-state index is 11.2. The van der Waals surface area contributed by atoms with E-state index in [4.69, 9.17) is 9.84 Å². The zero-order valence-corrected chi connectivity index (χ0v) is 9.65. The van der Waals surface area contributed by atoms with Gasteiger partial charge in [-0.05, 0) is 20.3 Å². The van der Waals surface area contributed by atoms with Crippen molar-refractivity contribution in [3.05, 3.63) is 0 Å². The number of ether oxygens (including phenoxy) is 1. The highest BCUT2D eigenvalue weighted by atomic mass is 16.5. The van der Waals surface area contributed by atoms with Crippen LogP contribution in [0.5, 0.6) is 0 Å². The fourth-order valence-corrected chi connectivity index (χ4v) is 0.914. The van der Waals surface area contributed by atoms with Crippen molar-refractivity contribution in [1.29, 1.82) is 0 Å². The van der Waals surface area contributed by atoms with Crippen molar-refractivity contribution in [1.82, 2.24) is 5.32 Å². The Morgan fingerprint density at radius 3 is 2.56 bits per heavy atom. The van der Waals surface area contributed by atoms with Crippen molar-refractivity contribution < 1.29 is 24.5 Å². The molecule has 0 saturated heterocycles. The maximum Gasteiger partial charge on any atom is 0.337 e. The molecule has 94 valence electrons. The molecule has 6 heteroatoms. The molecule has 0 aromatic rings. The Morgan fingerprint density at radius 1 is 1.44 bits per heavy atom. The van der Waals surface area contributed by atoms with Gasteiger partial charge < -0.3 is 20.3 Å². The molecule has 1 amide bonds. The number of carbonyl (C=O) groups excluding carboxylic acids is 1. The molecule has 0 aromatic heterocycles. The Hall–Kier alpha value is -1.14. The van der Waals surface area contributed by atoms with Gasteiger partial charge in [0.2, 0.25) is 5.91 Å². The standard InChI is InChI=1S/C10H19NO5/c1-3-16-6-4-5-8(12)11-7-10(2,15)9(13)14/h15H,3-7H2,1-2H3,(H,11,12)(H,13,14). The first-order valence-electron chi connectivity index (χ1n) is 5.20. The molecule has 0 aliphatic rings. The van der Waals surface area contributed by atoms with Crippen LogP contribution in [0.4, 0.5) is 0 Å². The number of nitrogens with one attached hydrogen (secondary N) is 1. The highest BCUT2D eigenvalue weighted by molar-refractivity contribution is 5.80. The van der Waals surface area contributed by atoms with E-state index in [9.17, 15) is 14.7 Å². The van der Waals surface area contributed by atoms with Crippen molar-refractivity contribution in [3.8, 4) is 0 Å². The molecular formula is C10H19NO5. The zero-order valence-electron chi connectivity index (χ0n) is 9.65. The smallest absolute Gasteiger partial charge is 0.337 e. The van der Waals surface area contributed by atoms with Crippen LogP contribution in [-0.2, 0) is 14.3 Å². The van der Waals surface area contributed by atoms with E-state index in [0.717, 1.165) is 6.92 Å². The van der Waals surface area contributed by atoms with Gasteiger partial charge in [0, 0.05) is 19.6 Å². The number of rotatable bonds is 8. The van der Waals surface area contributed by atoms with E-state index in [1.54, 1.807) is 0 Å². The number of hydrogen-bond donors (Lipinski definition) is 3. The Bertz CT molecular complexity index is 239. The normalized spacial score (nSPS) is 14.2. The quantitative estimate of drug-likeness (QED) is 0.503. The van der Waals surface area contributed by atoms with E-state index < -0.39 is 11.6 Å². The number of amides is 1. The first-order valence-corrected chi connectivity index (χ1v) is 5.20. The average Bonchev–Trinajstić information content (AvgIpc) is 2.21. The predicted molar refractivity (Wildman–Crippen MR) is 57.0 cm³/mol. The van der Waals surface area contributed by atoms with Crippen molar-refractivity contribution in [2.24, 2.45) is 0 Å². The molecule has 3 N–H and O–H groups in total. The minimum atomic E-state index is -1.92. The number of aliphatic hydroxyl groups is 1. The van der Waals surface area contributed by atoms with Crippen LogP contribution in [0.3, 0.4) is 0 Å². The second-order valence-electron chi connectivity index (χ2n) is 3.66. The van der Waals surface area contributed by atoms with Gasteiger partial charge in [-0.1, -0.05) is 0 Å². The molecule has 0 radical (unpaired) electrons. The van der Waals surface area contributed by atoms with Gasteiger partial charge in [0.05, 0.1) is 6.54 Å². The number of carbonyl (C=O) groups is 2. The summed E-state index contributed by atoms with van der Waals surface area (Å²) in [6, 6.07) is 0. The fraction of sp³-hybridized carbons (Fsp3) is 0.800. The summed E-state index contributed by atoms with van der Waals surface area (Å²) in [4.78, 5) is 21.7. The lowest BCUT2D eigenvalue weighted by Gasteiger charge is -2.18. The summed E-state index contributed by atoms with van der Waals surface area (Å²) in [6.07, 6.45) is 0.838. The van der Waals surface area contributed by atoms with Gasteiger partial charge in [-0.3, -0.25) is 4.79 Å². The van der Waals surface area contributed by atoms with Gasteiger partial charge >= 0.3 is 5.97 Å². The Morgan fingerprint density at radius 2 is 2.06 bits per heavy atom. The summed E-state index contributed by atoms with van der Waals surface area (Å²) in [7, 11) is 0. The van der Waals surface area contributed by atoms with E-state index in [-0.39, 0.29) is 18.9 Å². The summed E-state index contributed by atoms with van der Waals surface area (Å²) in [6.45, 7) is 3.81. The molecule has 0 bridgehead atoms. The second-order valence-corrected chi connectivity index (χ2v) is 3.66. The van der Waals surface area contributed by atoms with E-state index in [1.807, 2.05) is 6.92 Å². The van der Waals surface area contributed by atoms with Gasteiger partial charge in [0.1, 0.15) is 0 Å². The van der Waals surface area contributed by atoms with Crippen LogP contribution in [0, 0.1) is 0 Å². The van der Waals surface area contributed by atoms with Crippen molar-refractivity contribution in [2.45, 2.75) is 32.3 Å². The van der Waals surface area contributed by atoms with Gasteiger partial charge in [0.15, 0.2) is 5.60 Å². The topological polar surface area (TPSA) is 95.9 Å². The minimum absolute atomic E-state index is 0.260. The second kappa shape index (κ2) is 7.19. The van der Waals surface area contributed by atoms with Gasteiger partial charge in [-0.25, -0.2) is 4.79 Å². The lowest BCUT2D eigenvalue weighted by molar-refractivity contribution is -0.156. The predicted octanol–water partition coefficient (Wildman–Crippen LogP) is -0.245. The van der Waals surface area contributed by atoms with Crippen LogP contribution in [0.15, 0.2) is 0 Å². The summed E-state index contributed by atoms with van der Waals surface area (Å²) in [5, 5.41) is 20.2. The molecule has 0 fully saturated rings. The monoisotopic (exact) mass is 233 g/mol. The SMILES string of the molecule is CCOCCCC(=O)NCC(C)(O)C(=O)O. The highest BCUT2D eigenvalue weighted by Gasteiger charge is 2.29. The molecule has 0 aliphatic carbocycles. The maximum atomic E-state index is 11.2. The third-order valence-corrected chi connectivity index (χ3v) is 1.99. The van der Waals surface area contributed by atoms with E-state index >= 15 is 0 Å². The number of aliphatic carboxylic acids is 1. The number of hydrogen-bond acceptors (Lipinski definition) is 4. The fourth-order valence-electron chi connectivity index (χ4n) is 0.914. The Labute approximate surface area is 94.6 Å². The molecule has 0 aliphatic heterocycles. The first-order chi connectivity index (χ1) is 7.40. The third-order valence-electron chi connectivity index (χ3n) is 1.99. The van der Waals surface area contributed by atoms with Crippen LogP contribution < -0.4 is 5.32 Å². The molecule has 1 atom stereocenters. The number of carboxylic acids is 1. The summed E-state index contributed by atoms with van der Waals surface area (Å²) in [5.41, 5.74) is -1.92. The number of carboxylic acid groups (broad SMARTS) is 1. The van der Waals surface area contributed by atoms with E-state index in [2.05, 4.69) is 5.32 Å². The lowest BCUT2D eigenvalue weighted by Crippen LogP contribution is -2.46. The van der Waals surface area contributed by atoms with Crippen LogP contribution in [0.2, 0.25) is 0 Å². The van der Waals surface area contributed by atoms with Crippen LogP contribution in [0.25, 0.3) is 0 Å². The zero-order chi connectivity index (χ0) is 12.6. The average molecular weight is 233 g/mol. The molecule has 6 nitrogen and oxygen atoms in total. The van der Waals surface area contributed by atoms with Crippen LogP contribution in [-0.4, -0.2) is 47.4 Å². The summed E-state index contributed by atoms with van der Waals surface area (Å²) in [5.74, 6) is -1.65. The molecule has 0 heterocycles. The Balaban J connectivity index is 3.69. The third kappa shape index (κ3) is 6.36. The van der Waals surface area contributed by atoms with Crippen LogP contribution in [0.1, 0.15) is 26.7 Å². The van der Waals surface area contributed by atoms with Crippen molar-refractivity contribution in [2.75, 3.05) is 19.8 Å². The van der Waals surface area contributed by atoms with Gasteiger partial charge in [-0.2, -0.15) is 0 Å². The molecule has 16 heavy (non-hydrogen) atoms. The largest absolute Gasteiger partial charge is 0.479 e. The minimum Gasteiger partial charge on any atom is -0.479 e. The molecule has 0 spiro atoms. The molecule has 0 aromatic carbocycles. The first kappa shape index (κ1) is 14.9. The molecular weight excluding hydrogens is 214 g/mol. The molecule has 0 rings (SSSR count). The summed E-state index contributed by atoms with van der Waals surface area (Å²) < 4.78 is 5.04. The Kier molecular flexibility index (Phi) is 6.67. The molecule has 0 saturated carbocycles. The van der Waals surface area contributed by atoms with Crippen molar-refractivity contribution >= 4 is 11.9 Å². The van der Waals surface area contributed by atoms with E-state index in [0.29, 0.717) is 19.6 Å². The van der Waals surface area contributed by atoms with Crippen molar-refractivity contribution in [3.63, 3.8) is 0 Å². The highest BCUT2D eigenvalue weighted by Crippen LogP contribution is 2.01. The van der Waals surface area contributed by atoms with Crippen LogP contribution >= 0.6 is 0 Å². The summed E-state index contributed by atoms with van der Waals surface area (Å²) >= 11 is 0. The lowest BCUT2D eigenvalue weighted by atomic mass is 10.1. The van der Waals surface area contributed by atoms with Gasteiger partial charge in [0.25, 0.3) is 0 Å². The van der Waals surface area contributed by atoms with Gasteiger partial charge in [-0.15, -0.1) is 0 Å².